The first-order chi connectivity index (χ1) is 8.33. The second-order valence-corrected chi connectivity index (χ2v) is 4.05. The van der Waals surface area contributed by atoms with E-state index in [1.165, 1.54) is 0 Å². The molecule has 5 nitrogen and oxygen atoms in total. The molecule has 0 N–H and O–H groups in total. The zero-order valence-electron chi connectivity index (χ0n) is 9.96. The van der Waals surface area contributed by atoms with Crippen molar-refractivity contribution in [1.29, 1.82) is 5.26 Å². The number of anilines is 1. The summed E-state index contributed by atoms with van der Waals surface area (Å²) >= 11 is 0. The standard InChI is InChI=1S/C12H16N4O/c1-2-3-10-6-12(15-9-14-10)16-4-5-17-11(7-13)8-16/h6,9,11H,2-5,8H2,1H3. The zero-order chi connectivity index (χ0) is 12.1. The van der Waals surface area contributed by atoms with Crippen molar-refractivity contribution >= 4 is 5.82 Å². The molecule has 90 valence electrons. The fraction of sp³-hybridized carbons (Fsp3) is 0.583. The van der Waals surface area contributed by atoms with Crippen LogP contribution in [0.4, 0.5) is 5.82 Å². The van der Waals surface area contributed by atoms with Gasteiger partial charge in [-0.2, -0.15) is 5.26 Å². The van der Waals surface area contributed by atoms with E-state index in [-0.39, 0.29) is 6.10 Å². The number of nitriles is 1. The number of morpholine rings is 1. The first-order valence-corrected chi connectivity index (χ1v) is 5.90. The molecule has 1 aliphatic heterocycles. The Balaban J connectivity index is 2.10. The van der Waals surface area contributed by atoms with Gasteiger partial charge in [0.1, 0.15) is 12.1 Å². The number of hydrogen-bond donors (Lipinski definition) is 0. The van der Waals surface area contributed by atoms with E-state index in [2.05, 4.69) is 27.9 Å². The van der Waals surface area contributed by atoms with E-state index < -0.39 is 0 Å². The molecular formula is C12H16N4O. The zero-order valence-corrected chi connectivity index (χ0v) is 9.96. The lowest BCUT2D eigenvalue weighted by atomic mass is 10.2. The smallest absolute Gasteiger partial charge is 0.161 e. The summed E-state index contributed by atoms with van der Waals surface area (Å²) in [4.78, 5) is 10.6. The van der Waals surface area contributed by atoms with Crippen molar-refractivity contribution in [2.24, 2.45) is 0 Å². The molecule has 0 amide bonds. The second-order valence-electron chi connectivity index (χ2n) is 4.05. The van der Waals surface area contributed by atoms with Crippen molar-refractivity contribution in [3.8, 4) is 6.07 Å². The molecule has 1 aromatic rings. The molecule has 1 unspecified atom stereocenters. The number of rotatable bonds is 3. The Hall–Kier alpha value is -1.67. The van der Waals surface area contributed by atoms with Crippen LogP contribution in [0, 0.1) is 11.3 Å². The van der Waals surface area contributed by atoms with Crippen LogP contribution in [0.25, 0.3) is 0 Å². The molecule has 1 atom stereocenters. The van der Waals surface area contributed by atoms with Crippen LogP contribution in [0.15, 0.2) is 12.4 Å². The van der Waals surface area contributed by atoms with Gasteiger partial charge in [-0.05, 0) is 6.42 Å². The van der Waals surface area contributed by atoms with Crippen molar-refractivity contribution < 1.29 is 4.74 Å². The van der Waals surface area contributed by atoms with Gasteiger partial charge >= 0.3 is 0 Å². The summed E-state index contributed by atoms with van der Waals surface area (Å²) in [7, 11) is 0. The highest BCUT2D eigenvalue weighted by Crippen LogP contribution is 2.15. The van der Waals surface area contributed by atoms with Crippen LogP contribution in [0.3, 0.4) is 0 Å². The Kier molecular flexibility index (Phi) is 3.89. The largest absolute Gasteiger partial charge is 0.360 e. The third-order valence-electron chi connectivity index (χ3n) is 2.75. The van der Waals surface area contributed by atoms with Crippen molar-refractivity contribution in [3.63, 3.8) is 0 Å². The Morgan fingerprint density at radius 3 is 3.24 bits per heavy atom. The normalized spacial score (nSPS) is 20.0. The van der Waals surface area contributed by atoms with E-state index in [0.717, 1.165) is 30.9 Å². The average molecular weight is 232 g/mol. The molecule has 2 heterocycles. The number of nitrogens with zero attached hydrogens (tertiary/aromatic N) is 4. The van der Waals surface area contributed by atoms with Crippen LogP contribution < -0.4 is 4.90 Å². The summed E-state index contributed by atoms with van der Waals surface area (Å²) in [5, 5.41) is 8.86. The van der Waals surface area contributed by atoms with E-state index in [9.17, 15) is 0 Å². The second kappa shape index (κ2) is 5.60. The molecule has 2 rings (SSSR count). The SMILES string of the molecule is CCCc1cc(N2CCOC(C#N)C2)ncn1. The molecule has 0 radical (unpaired) electrons. The molecule has 1 saturated heterocycles. The summed E-state index contributed by atoms with van der Waals surface area (Å²) < 4.78 is 5.31. The summed E-state index contributed by atoms with van der Waals surface area (Å²) in [5.41, 5.74) is 1.05. The maximum atomic E-state index is 8.86. The molecule has 0 saturated carbocycles. The molecule has 0 aromatic carbocycles. The lowest BCUT2D eigenvalue weighted by Crippen LogP contribution is -2.42. The van der Waals surface area contributed by atoms with E-state index >= 15 is 0 Å². The lowest BCUT2D eigenvalue weighted by molar-refractivity contribution is 0.0761. The summed E-state index contributed by atoms with van der Waals surface area (Å²) in [6.07, 6.45) is 3.27. The van der Waals surface area contributed by atoms with Gasteiger partial charge in [-0.15, -0.1) is 0 Å². The minimum atomic E-state index is -0.353. The van der Waals surface area contributed by atoms with Gasteiger partial charge in [-0.1, -0.05) is 13.3 Å². The van der Waals surface area contributed by atoms with Crippen LogP contribution >= 0.6 is 0 Å². The molecule has 0 spiro atoms. The highest BCUT2D eigenvalue weighted by Gasteiger charge is 2.21. The quantitative estimate of drug-likeness (QED) is 0.782. The van der Waals surface area contributed by atoms with Crippen molar-refractivity contribution in [1.82, 2.24) is 9.97 Å². The first-order valence-electron chi connectivity index (χ1n) is 5.90. The fourth-order valence-corrected chi connectivity index (χ4v) is 1.89. The van der Waals surface area contributed by atoms with E-state index in [1.807, 2.05) is 6.07 Å². The molecule has 1 aromatic heterocycles. The number of aromatic nitrogens is 2. The van der Waals surface area contributed by atoms with Crippen LogP contribution in [-0.4, -0.2) is 35.8 Å². The number of ether oxygens (including phenoxy) is 1. The summed E-state index contributed by atoms with van der Waals surface area (Å²) in [6, 6.07) is 4.14. The Labute approximate surface area is 101 Å². The molecule has 5 heteroatoms. The Morgan fingerprint density at radius 1 is 1.59 bits per heavy atom. The van der Waals surface area contributed by atoms with Crippen LogP contribution in [0.1, 0.15) is 19.0 Å². The van der Waals surface area contributed by atoms with Crippen LogP contribution in [-0.2, 0) is 11.2 Å². The van der Waals surface area contributed by atoms with Gasteiger partial charge in [-0.25, -0.2) is 9.97 Å². The highest BCUT2D eigenvalue weighted by atomic mass is 16.5. The van der Waals surface area contributed by atoms with Gasteiger partial charge in [0.15, 0.2) is 6.10 Å². The van der Waals surface area contributed by atoms with Gasteiger partial charge in [-0.3, -0.25) is 0 Å². The topological polar surface area (TPSA) is 62.0 Å². The summed E-state index contributed by atoms with van der Waals surface area (Å²) in [5.74, 6) is 0.895. The monoisotopic (exact) mass is 232 g/mol. The maximum Gasteiger partial charge on any atom is 0.161 e. The number of hydrogen-bond acceptors (Lipinski definition) is 5. The van der Waals surface area contributed by atoms with Crippen LogP contribution in [0.5, 0.6) is 0 Å². The van der Waals surface area contributed by atoms with E-state index in [4.69, 9.17) is 10.00 Å². The van der Waals surface area contributed by atoms with Crippen LogP contribution in [0.2, 0.25) is 0 Å². The van der Waals surface area contributed by atoms with Crippen molar-refractivity contribution in [3.05, 3.63) is 18.1 Å². The average Bonchev–Trinajstić information content (AvgIpc) is 2.40. The Bertz CT molecular complexity index is 415. The third-order valence-corrected chi connectivity index (χ3v) is 2.75. The molecule has 1 aliphatic rings. The maximum absolute atomic E-state index is 8.86. The van der Waals surface area contributed by atoms with E-state index in [1.54, 1.807) is 6.33 Å². The molecule has 0 bridgehead atoms. The molecule has 17 heavy (non-hydrogen) atoms. The minimum absolute atomic E-state index is 0.353. The lowest BCUT2D eigenvalue weighted by Gasteiger charge is -2.30. The van der Waals surface area contributed by atoms with Gasteiger partial charge in [0.05, 0.1) is 19.2 Å². The third kappa shape index (κ3) is 2.92. The molecule has 0 aliphatic carbocycles. The summed E-state index contributed by atoms with van der Waals surface area (Å²) in [6.45, 7) is 4.06. The van der Waals surface area contributed by atoms with Crippen molar-refractivity contribution in [2.45, 2.75) is 25.9 Å². The first kappa shape index (κ1) is 11.8. The minimum Gasteiger partial charge on any atom is -0.360 e. The number of aryl methyl sites for hydroxylation is 1. The predicted octanol–water partition coefficient (Wildman–Crippen LogP) is 1.16. The van der Waals surface area contributed by atoms with Gasteiger partial charge < -0.3 is 9.64 Å². The van der Waals surface area contributed by atoms with Gasteiger partial charge in [0, 0.05) is 18.3 Å². The highest BCUT2D eigenvalue weighted by molar-refractivity contribution is 5.40. The molecule has 1 fully saturated rings. The fourth-order valence-electron chi connectivity index (χ4n) is 1.89. The van der Waals surface area contributed by atoms with Crippen molar-refractivity contribution in [2.75, 3.05) is 24.6 Å². The van der Waals surface area contributed by atoms with Gasteiger partial charge in [0.25, 0.3) is 0 Å². The predicted molar refractivity (Wildman–Crippen MR) is 63.6 cm³/mol. The van der Waals surface area contributed by atoms with E-state index in [0.29, 0.717) is 13.2 Å². The van der Waals surface area contributed by atoms with Gasteiger partial charge in [0.2, 0.25) is 0 Å². The Morgan fingerprint density at radius 2 is 2.47 bits per heavy atom. The molecular weight excluding hydrogens is 216 g/mol.